The third kappa shape index (κ3) is 4.15. The van der Waals surface area contributed by atoms with Crippen molar-refractivity contribution in [3.05, 3.63) is 0 Å². The lowest BCUT2D eigenvalue weighted by Crippen LogP contribution is -2.54. The van der Waals surface area contributed by atoms with Gasteiger partial charge in [0.25, 0.3) is 0 Å². The van der Waals surface area contributed by atoms with Crippen molar-refractivity contribution in [3.8, 4) is 0 Å². The molecular weight excluding hydrogens is 230 g/mol. The topological polar surface area (TPSA) is 32.3 Å². The Morgan fingerprint density at radius 2 is 2.00 bits per heavy atom. The van der Waals surface area contributed by atoms with Crippen molar-refractivity contribution in [2.24, 2.45) is 5.92 Å². The minimum atomic E-state index is 0.0536. The zero-order valence-corrected chi connectivity index (χ0v) is 11.9. The summed E-state index contributed by atoms with van der Waals surface area (Å²) < 4.78 is 0. The van der Waals surface area contributed by atoms with Crippen LogP contribution < -0.4 is 5.32 Å². The zero-order valence-electron chi connectivity index (χ0n) is 11.1. The standard InChI is InChI=1S/C14H27NOS/c1-2-3-4-9-17-11-14(10-16,12-5-6-12)15-13-7-8-13/h12-13,15-16H,2-11H2,1H3. The smallest absolute Gasteiger partial charge is 0.0624 e. The van der Waals surface area contributed by atoms with E-state index >= 15 is 0 Å². The molecule has 0 saturated heterocycles. The van der Waals surface area contributed by atoms with E-state index in [1.165, 1.54) is 50.7 Å². The molecular formula is C14H27NOS. The molecule has 2 rings (SSSR count). The van der Waals surface area contributed by atoms with Gasteiger partial charge in [0, 0.05) is 11.8 Å². The summed E-state index contributed by atoms with van der Waals surface area (Å²) in [5.74, 6) is 3.11. The summed E-state index contributed by atoms with van der Waals surface area (Å²) in [6.07, 6.45) is 9.24. The molecule has 2 aliphatic rings. The van der Waals surface area contributed by atoms with Gasteiger partial charge in [-0.05, 0) is 43.8 Å². The van der Waals surface area contributed by atoms with E-state index in [9.17, 15) is 5.11 Å². The van der Waals surface area contributed by atoms with Crippen molar-refractivity contribution >= 4 is 11.8 Å². The number of hydrogen-bond donors (Lipinski definition) is 2. The van der Waals surface area contributed by atoms with Gasteiger partial charge in [-0.1, -0.05) is 19.8 Å². The average molecular weight is 257 g/mol. The SMILES string of the molecule is CCCCCSCC(CO)(NC1CC1)C1CC1. The van der Waals surface area contributed by atoms with Crippen LogP contribution in [-0.2, 0) is 0 Å². The molecule has 0 aromatic heterocycles. The summed E-state index contributed by atoms with van der Waals surface area (Å²) in [6.45, 7) is 2.58. The molecule has 0 heterocycles. The van der Waals surface area contributed by atoms with Crippen LogP contribution in [0.1, 0.15) is 51.9 Å². The molecule has 0 radical (unpaired) electrons. The Bertz CT molecular complexity index is 228. The highest BCUT2D eigenvalue weighted by molar-refractivity contribution is 7.99. The quantitative estimate of drug-likeness (QED) is 0.590. The molecule has 0 bridgehead atoms. The van der Waals surface area contributed by atoms with E-state index in [4.69, 9.17) is 0 Å². The fourth-order valence-corrected chi connectivity index (χ4v) is 3.80. The third-order valence-electron chi connectivity index (χ3n) is 3.96. The van der Waals surface area contributed by atoms with Crippen molar-refractivity contribution < 1.29 is 5.11 Å². The maximum atomic E-state index is 9.79. The maximum absolute atomic E-state index is 9.79. The highest BCUT2D eigenvalue weighted by Gasteiger charge is 2.46. The summed E-state index contributed by atoms with van der Waals surface area (Å²) >= 11 is 2.04. The van der Waals surface area contributed by atoms with Crippen molar-refractivity contribution in [2.45, 2.75) is 63.5 Å². The van der Waals surface area contributed by atoms with E-state index < -0.39 is 0 Å². The Hall–Kier alpha value is 0.270. The fourth-order valence-electron chi connectivity index (χ4n) is 2.48. The van der Waals surface area contributed by atoms with Crippen LogP contribution in [0.5, 0.6) is 0 Å². The van der Waals surface area contributed by atoms with Crippen LogP contribution >= 0.6 is 11.8 Å². The number of thioether (sulfide) groups is 1. The van der Waals surface area contributed by atoms with Crippen LogP contribution in [0.2, 0.25) is 0 Å². The Morgan fingerprint density at radius 1 is 1.24 bits per heavy atom. The van der Waals surface area contributed by atoms with E-state index in [-0.39, 0.29) is 5.54 Å². The first-order valence-corrected chi connectivity index (χ1v) is 8.42. The van der Waals surface area contributed by atoms with Gasteiger partial charge in [0.05, 0.1) is 12.1 Å². The number of rotatable bonds is 10. The third-order valence-corrected chi connectivity index (χ3v) is 5.26. The molecule has 1 unspecified atom stereocenters. The lowest BCUT2D eigenvalue weighted by atomic mass is 9.96. The molecule has 2 N–H and O–H groups in total. The molecule has 0 aliphatic heterocycles. The lowest BCUT2D eigenvalue weighted by molar-refractivity contribution is 0.157. The summed E-state index contributed by atoms with van der Waals surface area (Å²) in [5, 5.41) is 13.5. The van der Waals surface area contributed by atoms with Crippen molar-refractivity contribution in [1.82, 2.24) is 5.32 Å². The van der Waals surface area contributed by atoms with Gasteiger partial charge >= 0.3 is 0 Å². The van der Waals surface area contributed by atoms with Crippen LogP contribution in [0.25, 0.3) is 0 Å². The average Bonchev–Trinajstić information content (AvgIpc) is 3.18. The van der Waals surface area contributed by atoms with Crippen molar-refractivity contribution in [1.29, 1.82) is 0 Å². The molecule has 2 saturated carbocycles. The lowest BCUT2D eigenvalue weighted by Gasteiger charge is -2.33. The van der Waals surface area contributed by atoms with Crippen molar-refractivity contribution in [3.63, 3.8) is 0 Å². The van der Waals surface area contributed by atoms with Crippen LogP contribution in [0.3, 0.4) is 0 Å². The number of unbranched alkanes of at least 4 members (excludes halogenated alkanes) is 2. The fraction of sp³-hybridized carbons (Fsp3) is 1.00. The molecule has 2 fully saturated rings. The van der Waals surface area contributed by atoms with Gasteiger partial charge in [0.2, 0.25) is 0 Å². The van der Waals surface area contributed by atoms with Gasteiger partial charge in [-0.15, -0.1) is 0 Å². The first kappa shape index (κ1) is 13.7. The Morgan fingerprint density at radius 3 is 2.53 bits per heavy atom. The highest BCUT2D eigenvalue weighted by Crippen LogP contribution is 2.43. The molecule has 3 heteroatoms. The molecule has 17 heavy (non-hydrogen) atoms. The summed E-state index contributed by atoms with van der Waals surface area (Å²) in [6, 6.07) is 0.707. The van der Waals surface area contributed by atoms with Crippen LogP contribution in [0.15, 0.2) is 0 Å². The van der Waals surface area contributed by atoms with Crippen LogP contribution in [-0.4, -0.2) is 34.8 Å². The molecule has 0 aromatic carbocycles. The second-order valence-corrected chi connectivity index (χ2v) is 6.87. The molecule has 0 aromatic rings. The normalized spacial score (nSPS) is 23.6. The Kier molecular flexibility index (Phi) is 5.19. The Labute approximate surface area is 110 Å². The van der Waals surface area contributed by atoms with Gasteiger partial charge in [0.15, 0.2) is 0 Å². The zero-order chi connectivity index (χ0) is 12.1. The van der Waals surface area contributed by atoms with E-state index in [1.54, 1.807) is 0 Å². The molecule has 2 nitrogen and oxygen atoms in total. The summed E-state index contributed by atoms with van der Waals surface area (Å²) in [5.41, 5.74) is 0.0536. The number of aliphatic hydroxyl groups is 1. The van der Waals surface area contributed by atoms with Gasteiger partial charge in [0.1, 0.15) is 0 Å². The maximum Gasteiger partial charge on any atom is 0.0624 e. The minimum absolute atomic E-state index is 0.0536. The molecule has 1 atom stereocenters. The molecule has 0 spiro atoms. The van der Waals surface area contributed by atoms with Crippen LogP contribution in [0, 0.1) is 5.92 Å². The second-order valence-electron chi connectivity index (χ2n) is 5.77. The molecule has 2 aliphatic carbocycles. The predicted molar refractivity (Wildman–Crippen MR) is 75.5 cm³/mol. The largest absolute Gasteiger partial charge is 0.394 e. The van der Waals surface area contributed by atoms with Gasteiger partial charge in [-0.25, -0.2) is 0 Å². The highest BCUT2D eigenvalue weighted by atomic mass is 32.2. The van der Waals surface area contributed by atoms with E-state index in [2.05, 4.69) is 12.2 Å². The first-order valence-electron chi connectivity index (χ1n) is 7.27. The second kappa shape index (κ2) is 6.44. The summed E-state index contributed by atoms with van der Waals surface area (Å²) in [7, 11) is 0. The predicted octanol–water partition coefficient (Wildman–Crippen LogP) is 2.80. The van der Waals surface area contributed by atoms with Gasteiger partial charge in [-0.2, -0.15) is 11.8 Å². The van der Waals surface area contributed by atoms with E-state index in [0.717, 1.165) is 11.7 Å². The van der Waals surface area contributed by atoms with E-state index in [0.29, 0.717) is 12.6 Å². The monoisotopic (exact) mass is 257 g/mol. The van der Waals surface area contributed by atoms with Gasteiger partial charge < -0.3 is 10.4 Å². The number of aliphatic hydroxyl groups excluding tert-OH is 1. The number of hydrogen-bond acceptors (Lipinski definition) is 3. The van der Waals surface area contributed by atoms with E-state index in [1.807, 2.05) is 11.8 Å². The summed E-state index contributed by atoms with van der Waals surface area (Å²) in [4.78, 5) is 0. The van der Waals surface area contributed by atoms with Gasteiger partial charge in [-0.3, -0.25) is 0 Å². The van der Waals surface area contributed by atoms with Crippen LogP contribution in [0.4, 0.5) is 0 Å². The molecule has 100 valence electrons. The molecule has 0 amide bonds. The number of nitrogens with one attached hydrogen (secondary N) is 1. The minimum Gasteiger partial charge on any atom is -0.394 e. The first-order chi connectivity index (χ1) is 8.30. The Balaban J connectivity index is 1.73. The van der Waals surface area contributed by atoms with Crippen molar-refractivity contribution in [2.75, 3.05) is 18.1 Å².